The summed E-state index contributed by atoms with van der Waals surface area (Å²) in [5.74, 6) is 0.434. The average molecular weight is 422 g/mol. The summed E-state index contributed by atoms with van der Waals surface area (Å²) in [6, 6.07) is 10.4. The lowest BCUT2D eigenvalue weighted by atomic mass is 10.1. The van der Waals surface area contributed by atoms with E-state index in [9.17, 15) is 9.59 Å². The van der Waals surface area contributed by atoms with Gasteiger partial charge in [-0.3, -0.25) is 14.6 Å². The zero-order valence-electron chi connectivity index (χ0n) is 19.0. The number of rotatable bonds is 8. The molecule has 0 fully saturated rings. The molecule has 3 rings (SSSR count). The number of nitrogens with one attached hydrogen (secondary N) is 2. The summed E-state index contributed by atoms with van der Waals surface area (Å²) < 4.78 is 1.65. The van der Waals surface area contributed by atoms with Crippen molar-refractivity contribution in [2.24, 2.45) is 0 Å². The van der Waals surface area contributed by atoms with Gasteiger partial charge in [-0.15, -0.1) is 0 Å². The lowest BCUT2D eigenvalue weighted by Gasteiger charge is -2.14. The minimum atomic E-state index is -0.166. The summed E-state index contributed by atoms with van der Waals surface area (Å²) >= 11 is 0. The first-order chi connectivity index (χ1) is 14.8. The zero-order chi connectivity index (χ0) is 22.5. The van der Waals surface area contributed by atoms with Gasteiger partial charge in [0.2, 0.25) is 11.9 Å². The Hall–Kier alpha value is -3.22. The van der Waals surface area contributed by atoms with Gasteiger partial charge in [-0.25, -0.2) is 9.67 Å². The molecule has 0 radical (unpaired) electrons. The van der Waals surface area contributed by atoms with E-state index in [4.69, 9.17) is 0 Å². The Balaban J connectivity index is 1.60. The molecular weight excluding hydrogens is 390 g/mol. The van der Waals surface area contributed by atoms with Crippen LogP contribution in [0.1, 0.15) is 53.5 Å². The average Bonchev–Trinajstić information content (AvgIpc) is 3.03. The molecule has 2 aromatic heterocycles. The molecule has 0 aliphatic carbocycles. The predicted octanol–water partition coefficient (Wildman–Crippen LogP) is 3.26. The van der Waals surface area contributed by atoms with Gasteiger partial charge in [-0.05, 0) is 65.0 Å². The Labute approximate surface area is 182 Å². The van der Waals surface area contributed by atoms with E-state index in [0.717, 1.165) is 29.8 Å². The Morgan fingerprint density at radius 2 is 1.81 bits per heavy atom. The summed E-state index contributed by atoms with van der Waals surface area (Å²) in [5, 5.41) is 7.64. The Bertz CT molecular complexity index is 1110. The van der Waals surface area contributed by atoms with Crippen molar-refractivity contribution in [1.82, 2.24) is 25.1 Å². The van der Waals surface area contributed by atoms with Gasteiger partial charge < -0.3 is 5.32 Å². The number of nitrogens with zero attached hydrogens (tertiary/aromatic N) is 3. The SMILES string of the molecule is Cc1nn(-c2nc(C)c(C)c(=O)[nH]2)c(C)c1CCC(=O)N[C@H](C)CCc1ccccc1. The molecule has 0 aliphatic rings. The van der Waals surface area contributed by atoms with Crippen molar-refractivity contribution in [3.05, 3.63) is 74.5 Å². The van der Waals surface area contributed by atoms with Crippen molar-refractivity contribution < 1.29 is 4.79 Å². The van der Waals surface area contributed by atoms with E-state index in [1.54, 1.807) is 11.6 Å². The van der Waals surface area contributed by atoms with Gasteiger partial charge in [0.15, 0.2) is 0 Å². The summed E-state index contributed by atoms with van der Waals surface area (Å²) in [7, 11) is 0. The number of benzene rings is 1. The third-order valence-electron chi connectivity index (χ3n) is 5.74. The highest BCUT2D eigenvalue weighted by atomic mass is 16.1. The molecule has 0 saturated heterocycles. The fourth-order valence-electron chi connectivity index (χ4n) is 3.66. The second-order valence-corrected chi connectivity index (χ2v) is 8.15. The minimum absolute atomic E-state index is 0.0322. The van der Waals surface area contributed by atoms with Crippen LogP contribution in [0.25, 0.3) is 5.95 Å². The fourth-order valence-corrected chi connectivity index (χ4v) is 3.66. The predicted molar refractivity (Wildman–Crippen MR) is 122 cm³/mol. The number of aromatic nitrogens is 4. The third kappa shape index (κ3) is 5.48. The van der Waals surface area contributed by atoms with Gasteiger partial charge in [0, 0.05) is 29.4 Å². The first kappa shape index (κ1) is 22.5. The molecule has 1 aromatic carbocycles. The molecule has 2 N–H and O–H groups in total. The maximum absolute atomic E-state index is 12.5. The van der Waals surface area contributed by atoms with Gasteiger partial charge in [-0.1, -0.05) is 30.3 Å². The van der Waals surface area contributed by atoms with Crippen LogP contribution in [0.2, 0.25) is 0 Å². The van der Waals surface area contributed by atoms with Crippen molar-refractivity contribution in [1.29, 1.82) is 0 Å². The first-order valence-corrected chi connectivity index (χ1v) is 10.7. The van der Waals surface area contributed by atoms with Crippen molar-refractivity contribution >= 4 is 5.91 Å². The van der Waals surface area contributed by atoms with Crippen molar-refractivity contribution in [2.45, 2.75) is 66.3 Å². The van der Waals surface area contributed by atoms with Crippen LogP contribution in [-0.2, 0) is 17.6 Å². The van der Waals surface area contributed by atoms with Gasteiger partial charge >= 0.3 is 0 Å². The summed E-state index contributed by atoms with van der Waals surface area (Å²) in [6.45, 7) is 9.45. The standard InChI is InChI=1S/C24H31N5O2/c1-15(11-12-20-9-7-6-8-10-20)25-22(30)14-13-21-18(4)28-29(19(21)5)24-26-17(3)16(2)23(31)27-24/h6-10,15H,11-14H2,1-5H3,(H,25,30)(H,26,27,31)/t15-/m1/s1. The molecule has 31 heavy (non-hydrogen) atoms. The topological polar surface area (TPSA) is 92.7 Å². The number of H-pyrrole nitrogens is 1. The molecule has 164 valence electrons. The van der Waals surface area contributed by atoms with E-state index >= 15 is 0 Å². The van der Waals surface area contributed by atoms with E-state index in [0.29, 0.717) is 30.0 Å². The monoisotopic (exact) mass is 421 g/mol. The van der Waals surface area contributed by atoms with Crippen molar-refractivity contribution in [3.8, 4) is 5.95 Å². The number of amides is 1. The van der Waals surface area contributed by atoms with Crippen LogP contribution in [-0.4, -0.2) is 31.7 Å². The van der Waals surface area contributed by atoms with E-state index in [2.05, 4.69) is 32.5 Å². The second-order valence-electron chi connectivity index (χ2n) is 8.15. The largest absolute Gasteiger partial charge is 0.354 e. The lowest BCUT2D eigenvalue weighted by Crippen LogP contribution is -2.33. The van der Waals surface area contributed by atoms with Crippen molar-refractivity contribution in [3.63, 3.8) is 0 Å². The highest BCUT2D eigenvalue weighted by molar-refractivity contribution is 5.76. The maximum Gasteiger partial charge on any atom is 0.255 e. The van der Waals surface area contributed by atoms with Crippen molar-refractivity contribution in [2.75, 3.05) is 0 Å². The van der Waals surface area contributed by atoms with Gasteiger partial charge in [0.1, 0.15) is 0 Å². The molecule has 7 heteroatoms. The van der Waals surface area contributed by atoms with Gasteiger partial charge in [0.25, 0.3) is 5.56 Å². The molecule has 0 bridgehead atoms. The van der Waals surface area contributed by atoms with Crippen LogP contribution in [0.4, 0.5) is 0 Å². The number of aryl methyl sites for hydroxylation is 3. The Morgan fingerprint density at radius 3 is 2.48 bits per heavy atom. The number of hydrogen-bond donors (Lipinski definition) is 2. The Kier molecular flexibility index (Phi) is 7.05. The molecule has 1 atom stereocenters. The van der Waals surface area contributed by atoms with E-state index in [-0.39, 0.29) is 17.5 Å². The molecule has 0 unspecified atom stereocenters. The molecule has 0 saturated carbocycles. The molecule has 2 heterocycles. The lowest BCUT2D eigenvalue weighted by molar-refractivity contribution is -0.121. The van der Waals surface area contributed by atoms with Crippen LogP contribution in [0.15, 0.2) is 35.1 Å². The van der Waals surface area contributed by atoms with Crippen LogP contribution >= 0.6 is 0 Å². The number of carbonyl (C=O) groups excluding carboxylic acids is 1. The minimum Gasteiger partial charge on any atom is -0.354 e. The highest BCUT2D eigenvalue weighted by Crippen LogP contribution is 2.18. The van der Waals surface area contributed by atoms with Crippen LogP contribution in [0, 0.1) is 27.7 Å². The normalized spacial score (nSPS) is 12.0. The van der Waals surface area contributed by atoms with Gasteiger partial charge in [-0.2, -0.15) is 5.10 Å². The van der Waals surface area contributed by atoms with E-state index < -0.39 is 0 Å². The second kappa shape index (κ2) is 9.73. The third-order valence-corrected chi connectivity index (χ3v) is 5.74. The molecular formula is C24H31N5O2. The number of hydrogen-bond acceptors (Lipinski definition) is 4. The highest BCUT2D eigenvalue weighted by Gasteiger charge is 2.17. The van der Waals surface area contributed by atoms with E-state index in [1.165, 1.54) is 5.56 Å². The van der Waals surface area contributed by atoms with E-state index in [1.807, 2.05) is 45.9 Å². The van der Waals surface area contributed by atoms with Crippen LogP contribution < -0.4 is 10.9 Å². The molecule has 3 aromatic rings. The fraction of sp³-hybridized carbons (Fsp3) is 0.417. The summed E-state index contributed by atoms with van der Waals surface area (Å²) in [4.78, 5) is 31.8. The molecule has 0 spiro atoms. The van der Waals surface area contributed by atoms with Crippen LogP contribution in [0.3, 0.4) is 0 Å². The summed E-state index contributed by atoms with van der Waals surface area (Å²) in [6.07, 6.45) is 2.82. The van der Waals surface area contributed by atoms with Gasteiger partial charge in [0.05, 0.1) is 5.69 Å². The molecule has 0 aliphatic heterocycles. The quantitative estimate of drug-likeness (QED) is 0.584. The smallest absolute Gasteiger partial charge is 0.255 e. The first-order valence-electron chi connectivity index (χ1n) is 10.7. The molecule has 7 nitrogen and oxygen atoms in total. The molecule has 1 amide bonds. The zero-order valence-corrected chi connectivity index (χ0v) is 19.0. The summed E-state index contributed by atoms with van der Waals surface area (Å²) in [5.41, 5.74) is 5.12. The maximum atomic E-state index is 12.5. The Morgan fingerprint density at radius 1 is 1.10 bits per heavy atom. The number of aromatic amines is 1. The number of carbonyl (C=O) groups is 1. The van der Waals surface area contributed by atoms with Crippen LogP contribution in [0.5, 0.6) is 0 Å².